The van der Waals surface area contributed by atoms with Gasteiger partial charge in [0.15, 0.2) is 5.82 Å². The van der Waals surface area contributed by atoms with Crippen molar-refractivity contribution in [3.63, 3.8) is 0 Å². The number of carbonyl (C=O) groups excluding carboxylic acids is 1. The molecule has 0 aliphatic rings. The Bertz CT molecular complexity index is 1000. The monoisotopic (exact) mass is 397 g/mol. The summed E-state index contributed by atoms with van der Waals surface area (Å²) in [6, 6.07) is 7.40. The van der Waals surface area contributed by atoms with E-state index in [9.17, 15) is 4.79 Å². The second-order valence-electron chi connectivity index (χ2n) is 7.49. The van der Waals surface area contributed by atoms with E-state index in [1.54, 1.807) is 28.9 Å². The van der Waals surface area contributed by atoms with Gasteiger partial charge in [-0.2, -0.15) is 5.10 Å². The second-order valence-corrected chi connectivity index (χ2v) is 7.49. The summed E-state index contributed by atoms with van der Waals surface area (Å²) in [5.41, 5.74) is 2.96. The summed E-state index contributed by atoms with van der Waals surface area (Å²) in [4.78, 5) is 12.8. The highest BCUT2D eigenvalue weighted by molar-refractivity contribution is 6.05. The quantitative estimate of drug-likeness (QED) is 0.655. The Morgan fingerprint density at radius 2 is 1.86 bits per heavy atom. The minimum atomic E-state index is -0.211. The lowest BCUT2D eigenvalue weighted by molar-refractivity contribution is 0.102. The molecule has 3 aromatic rings. The first-order valence-electron chi connectivity index (χ1n) is 9.64. The zero-order valence-corrected chi connectivity index (χ0v) is 17.7. The van der Waals surface area contributed by atoms with Crippen molar-refractivity contribution in [3.8, 4) is 5.75 Å². The van der Waals surface area contributed by atoms with E-state index < -0.39 is 0 Å². The fraction of sp³-hybridized carbons (Fsp3) is 0.450. The summed E-state index contributed by atoms with van der Waals surface area (Å²) in [5.74, 6) is 0.987. The van der Waals surface area contributed by atoms with Crippen LogP contribution in [0.25, 0.3) is 0 Å². The lowest BCUT2D eigenvalue weighted by atomic mass is 10.2. The molecule has 9 heteroatoms. The number of aromatic nitrogens is 6. The first-order chi connectivity index (χ1) is 13.8. The van der Waals surface area contributed by atoms with Crippen molar-refractivity contribution in [2.45, 2.75) is 60.2 Å². The van der Waals surface area contributed by atoms with Crippen LogP contribution in [0.3, 0.4) is 0 Å². The molecule has 9 nitrogen and oxygen atoms in total. The van der Waals surface area contributed by atoms with Gasteiger partial charge >= 0.3 is 0 Å². The van der Waals surface area contributed by atoms with Gasteiger partial charge in [0.1, 0.15) is 12.4 Å². The Hall–Kier alpha value is -3.23. The Morgan fingerprint density at radius 3 is 2.52 bits per heavy atom. The number of ether oxygens (including phenoxy) is 1. The van der Waals surface area contributed by atoms with Crippen LogP contribution in [0.2, 0.25) is 0 Å². The average molecular weight is 397 g/mol. The van der Waals surface area contributed by atoms with Crippen molar-refractivity contribution in [2.75, 3.05) is 5.32 Å². The molecule has 2 aromatic heterocycles. The molecular formula is C20H27N7O2. The van der Waals surface area contributed by atoms with Crippen LogP contribution >= 0.6 is 0 Å². The topological polar surface area (TPSA) is 99.8 Å². The van der Waals surface area contributed by atoms with Crippen LogP contribution < -0.4 is 10.1 Å². The lowest BCUT2D eigenvalue weighted by Gasteiger charge is -2.11. The highest BCUT2D eigenvalue weighted by Gasteiger charge is 2.17. The molecule has 0 unspecified atom stereocenters. The molecule has 0 aliphatic carbocycles. The molecule has 29 heavy (non-hydrogen) atoms. The molecule has 0 spiro atoms. The summed E-state index contributed by atoms with van der Waals surface area (Å²) < 4.78 is 9.41. The van der Waals surface area contributed by atoms with Crippen LogP contribution in [0.4, 0.5) is 5.69 Å². The standard InChI is InChI=1S/C20H27N7O2/c1-12(2)26-15(6)19(14(5)23-26)21-20(28)16-8-7-9-17(10-16)29-11-18-22-24-25-27(18)13(3)4/h7-10,12-13H,11H2,1-6H3,(H,21,28). The van der Waals surface area contributed by atoms with Crippen molar-refractivity contribution in [1.29, 1.82) is 0 Å². The molecular weight excluding hydrogens is 370 g/mol. The smallest absolute Gasteiger partial charge is 0.255 e. The molecule has 0 radical (unpaired) electrons. The van der Waals surface area contributed by atoms with Gasteiger partial charge in [-0.1, -0.05) is 6.07 Å². The summed E-state index contributed by atoms with van der Waals surface area (Å²) in [6.07, 6.45) is 0. The first kappa shape index (κ1) is 20.5. The molecule has 0 atom stereocenters. The van der Waals surface area contributed by atoms with Crippen molar-refractivity contribution in [2.24, 2.45) is 0 Å². The van der Waals surface area contributed by atoms with Crippen LogP contribution in [0, 0.1) is 13.8 Å². The number of nitrogens with one attached hydrogen (secondary N) is 1. The lowest BCUT2D eigenvalue weighted by Crippen LogP contribution is -2.14. The minimum absolute atomic E-state index is 0.138. The number of anilines is 1. The molecule has 1 aromatic carbocycles. The van der Waals surface area contributed by atoms with E-state index in [0.717, 1.165) is 17.1 Å². The van der Waals surface area contributed by atoms with E-state index in [1.165, 1.54) is 0 Å². The third kappa shape index (κ3) is 4.44. The second kappa shape index (κ2) is 8.42. The van der Waals surface area contributed by atoms with Crippen molar-refractivity contribution >= 4 is 11.6 Å². The van der Waals surface area contributed by atoms with Gasteiger partial charge in [-0.05, 0) is 70.2 Å². The molecule has 0 saturated carbocycles. The zero-order valence-electron chi connectivity index (χ0n) is 17.7. The van der Waals surface area contributed by atoms with E-state index in [4.69, 9.17) is 4.74 Å². The van der Waals surface area contributed by atoms with Gasteiger partial charge in [-0.15, -0.1) is 5.10 Å². The highest BCUT2D eigenvalue weighted by Crippen LogP contribution is 2.24. The van der Waals surface area contributed by atoms with Crippen molar-refractivity contribution in [3.05, 3.63) is 47.0 Å². The Kier molecular flexibility index (Phi) is 5.95. The molecule has 0 saturated heterocycles. The number of amides is 1. The number of aryl methyl sites for hydroxylation is 1. The van der Waals surface area contributed by atoms with Gasteiger partial charge < -0.3 is 10.1 Å². The van der Waals surface area contributed by atoms with Crippen molar-refractivity contribution in [1.82, 2.24) is 30.0 Å². The number of hydrogen-bond donors (Lipinski definition) is 1. The van der Waals surface area contributed by atoms with Crippen LogP contribution in [0.5, 0.6) is 5.75 Å². The van der Waals surface area contributed by atoms with Gasteiger partial charge in [-0.25, -0.2) is 4.68 Å². The minimum Gasteiger partial charge on any atom is -0.486 e. The van der Waals surface area contributed by atoms with Gasteiger partial charge in [-0.3, -0.25) is 9.48 Å². The third-order valence-electron chi connectivity index (χ3n) is 4.57. The Labute approximate surface area is 170 Å². The normalized spacial score (nSPS) is 11.3. The average Bonchev–Trinajstić information content (AvgIpc) is 3.26. The summed E-state index contributed by atoms with van der Waals surface area (Å²) >= 11 is 0. The Balaban J connectivity index is 1.72. The van der Waals surface area contributed by atoms with E-state index >= 15 is 0 Å². The third-order valence-corrected chi connectivity index (χ3v) is 4.57. The van der Waals surface area contributed by atoms with E-state index in [-0.39, 0.29) is 24.6 Å². The fourth-order valence-corrected chi connectivity index (χ4v) is 3.12. The number of nitrogens with zero attached hydrogens (tertiary/aromatic N) is 6. The van der Waals surface area contributed by atoms with Gasteiger partial charge in [0.25, 0.3) is 5.91 Å². The molecule has 2 heterocycles. The van der Waals surface area contributed by atoms with Crippen LogP contribution in [0.15, 0.2) is 24.3 Å². The molecule has 154 valence electrons. The van der Waals surface area contributed by atoms with Crippen molar-refractivity contribution < 1.29 is 9.53 Å². The zero-order chi connectivity index (χ0) is 21.1. The summed E-state index contributed by atoms with van der Waals surface area (Å²) in [5, 5.41) is 19.1. The molecule has 1 amide bonds. The largest absolute Gasteiger partial charge is 0.486 e. The number of carbonyl (C=O) groups is 1. The van der Waals surface area contributed by atoms with Gasteiger partial charge in [0.2, 0.25) is 0 Å². The van der Waals surface area contributed by atoms with Crippen LogP contribution in [-0.2, 0) is 6.61 Å². The number of rotatable bonds is 7. The molecule has 1 N–H and O–H groups in total. The molecule has 3 rings (SSSR count). The van der Waals surface area contributed by atoms with E-state index in [2.05, 4.69) is 39.8 Å². The first-order valence-corrected chi connectivity index (χ1v) is 9.64. The van der Waals surface area contributed by atoms with Crippen LogP contribution in [0.1, 0.15) is 67.3 Å². The predicted molar refractivity (Wildman–Crippen MR) is 109 cm³/mol. The fourth-order valence-electron chi connectivity index (χ4n) is 3.12. The van der Waals surface area contributed by atoms with Crippen LogP contribution in [-0.4, -0.2) is 35.9 Å². The maximum Gasteiger partial charge on any atom is 0.255 e. The SMILES string of the molecule is Cc1nn(C(C)C)c(C)c1NC(=O)c1cccc(OCc2nnnn2C(C)C)c1. The molecule has 0 bridgehead atoms. The number of hydrogen-bond acceptors (Lipinski definition) is 6. The maximum absolute atomic E-state index is 12.8. The summed E-state index contributed by atoms with van der Waals surface area (Å²) in [7, 11) is 0. The number of tetrazole rings is 1. The number of benzene rings is 1. The van der Waals surface area contributed by atoms with E-state index in [1.807, 2.05) is 32.4 Å². The Morgan fingerprint density at radius 1 is 1.14 bits per heavy atom. The maximum atomic E-state index is 12.8. The highest BCUT2D eigenvalue weighted by atomic mass is 16.5. The van der Waals surface area contributed by atoms with E-state index in [0.29, 0.717) is 17.1 Å². The molecule has 0 aliphatic heterocycles. The summed E-state index contributed by atoms with van der Waals surface area (Å²) in [6.45, 7) is 12.2. The van der Waals surface area contributed by atoms with Gasteiger partial charge in [0, 0.05) is 11.6 Å². The predicted octanol–water partition coefficient (Wildman–Crippen LogP) is 3.48. The van der Waals surface area contributed by atoms with Gasteiger partial charge in [0.05, 0.1) is 23.1 Å². The molecule has 0 fully saturated rings.